The molecule has 0 unspecified atom stereocenters. The summed E-state index contributed by atoms with van der Waals surface area (Å²) in [6.45, 7) is 5.69. The summed E-state index contributed by atoms with van der Waals surface area (Å²) in [6.07, 6.45) is 5.27. The number of hydrogen-bond donors (Lipinski definition) is 1. The van der Waals surface area contributed by atoms with Gasteiger partial charge in [0.05, 0.1) is 0 Å². The maximum atomic E-state index is 11.7. The molecule has 1 rings (SSSR count). The van der Waals surface area contributed by atoms with Crippen LogP contribution in [-0.4, -0.2) is 27.5 Å². The average Bonchev–Trinajstić information content (AvgIpc) is 2.62. The van der Waals surface area contributed by atoms with Crippen molar-refractivity contribution in [2.75, 3.05) is 6.61 Å². The van der Waals surface area contributed by atoms with Crippen molar-refractivity contribution >= 4 is 5.97 Å². The third-order valence-corrected chi connectivity index (χ3v) is 2.63. The van der Waals surface area contributed by atoms with Crippen LogP contribution in [0.4, 0.5) is 0 Å². The maximum absolute atomic E-state index is 11.7. The molecular formula is C13H20N2O3. The summed E-state index contributed by atoms with van der Waals surface area (Å²) < 4.78 is 6.26. The van der Waals surface area contributed by atoms with Gasteiger partial charge in [0.1, 0.15) is 12.3 Å². The molecule has 0 aromatic carbocycles. The number of aryl methyl sites for hydroxylation is 2. The Morgan fingerprint density at radius 1 is 1.56 bits per heavy atom. The zero-order chi connectivity index (χ0) is 13.5. The smallest absolute Gasteiger partial charge is 0.360 e. The first-order valence-corrected chi connectivity index (χ1v) is 6.14. The van der Waals surface area contributed by atoms with E-state index in [1.165, 1.54) is 10.8 Å². The minimum atomic E-state index is -0.579. The van der Waals surface area contributed by atoms with E-state index in [9.17, 15) is 9.90 Å². The van der Waals surface area contributed by atoms with E-state index in [-0.39, 0.29) is 18.1 Å². The Bertz CT molecular complexity index is 424. The number of aromatic hydroxyl groups is 1. The van der Waals surface area contributed by atoms with Crippen molar-refractivity contribution < 1.29 is 14.6 Å². The molecular weight excluding hydrogens is 232 g/mol. The average molecular weight is 252 g/mol. The van der Waals surface area contributed by atoms with Crippen molar-refractivity contribution in [3.05, 3.63) is 24.0 Å². The zero-order valence-corrected chi connectivity index (χ0v) is 11.0. The number of carbonyl (C=O) groups is 1. The fourth-order valence-corrected chi connectivity index (χ4v) is 1.71. The molecule has 100 valence electrons. The first kappa shape index (κ1) is 14.3. The van der Waals surface area contributed by atoms with E-state index >= 15 is 0 Å². The maximum Gasteiger partial charge on any atom is 0.360 e. The molecule has 18 heavy (non-hydrogen) atoms. The van der Waals surface area contributed by atoms with Crippen molar-refractivity contribution in [1.82, 2.24) is 9.78 Å². The lowest BCUT2D eigenvalue weighted by atomic mass is 10.1. The van der Waals surface area contributed by atoms with Crippen LogP contribution >= 0.6 is 0 Å². The predicted molar refractivity (Wildman–Crippen MR) is 68.6 cm³/mol. The third kappa shape index (κ3) is 3.35. The van der Waals surface area contributed by atoms with Crippen molar-refractivity contribution in [3.8, 4) is 5.75 Å². The van der Waals surface area contributed by atoms with Crippen molar-refractivity contribution in [2.24, 2.45) is 7.05 Å². The number of esters is 1. The largest absolute Gasteiger partial charge is 0.504 e. The SMILES string of the molecule is C=CCOC(=O)c1c(O)c(CCCCC)nn1C. The molecule has 1 heterocycles. The van der Waals surface area contributed by atoms with Gasteiger partial charge in [-0.25, -0.2) is 4.79 Å². The minimum Gasteiger partial charge on any atom is -0.504 e. The van der Waals surface area contributed by atoms with Crippen molar-refractivity contribution in [3.63, 3.8) is 0 Å². The molecule has 0 radical (unpaired) electrons. The van der Waals surface area contributed by atoms with Gasteiger partial charge >= 0.3 is 5.97 Å². The van der Waals surface area contributed by atoms with Gasteiger partial charge in [0, 0.05) is 7.05 Å². The molecule has 1 aromatic rings. The second-order valence-electron chi connectivity index (χ2n) is 4.11. The number of rotatable bonds is 7. The van der Waals surface area contributed by atoms with E-state index in [0.717, 1.165) is 19.3 Å². The number of nitrogens with zero attached hydrogens (tertiary/aromatic N) is 2. The first-order valence-electron chi connectivity index (χ1n) is 6.14. The molecule has 0 atom stereocenters. The Labute approximate surface area is 107 Å². The summed E-state index contributed by atoms with van der Waals surface area (Å²) in [4.78, 5) is 11.7. The Kier molecular flexibility index (Phi) is 5.42. The van der Waals surface area contributed by atoms with E-state index < -0.39 is 5.97 Å². The number of ether oxygens (including phenoxy) is 1. The van der Waals surface area contributed by atoms with E-state index in [0.29, 0.717) is 12.1 Å². The van der Waals surface area contributed by atoms with Crippen LogP contribution in [0.3, 0.4) is 0 Å². The number of aromatic nitrogens is 2. The molecule has 0 saturated carbocycles. The van der Waals surface area contributed by atoms with E-state index in [1.54, 1.807) is 7.05 Å². The van der Waals surface area contributed by atoms with Crippen LogP contribution in [0.25, 0.3) is 0 Å². The van der Waals surface area contributed by atoms with Crippen LogP contribution < -0.4 is 0 Å². The molecule has 0 fully saturated rings. The Morgan fingerprint density at radius 3 is 2.89 bits per heavy atom. The summed E-state index contributed by atoms with van der Waals surface area (Å²) >= 11 is 0. The topological polar surface area (TPSA) is 64.3 Å². The van der Waals surface area contributed by atoms with E-state index in [4.69, 9.17) is 4.74 Å². The molecule has 1 aromatic heterocycles. The normalized spacial score (nSPS) is 10.3. The standard InChI is InChI=1S/C13H20N2O3/c1-4-6-7-8-10-12(16)11(15(3)14-10)13(17)18-9-5-2/h5,16H,2,4,6-9H2,1,3H3. The summed E-state index contributed by atoms with van der Waals surface area (Å²) in [5, 5.41) is 14.1. The van der Waals surface area contributed by atoms with Crippen molar-refractivity contribution in [1.29, 1.82) is 0 Å². The van der Waals surface area contributed by atoms with Gasteiger partial charge in [-0.3, -0.25) is 4.68 Å². The summed E-state index contributed by atoms with van der Waals surface area (Å²) in [5.74, 6) is -0.646. The van der Waals surface area contributed by atoms with Gasteiger partial charge in [-0.2, -0.15) is 5.10 Å². The zero-order valence-electron chi connectivity index (χ0n) is 11.0. The Balaban J connectivity index is 2.79. The van der Waals surface area contributed by atoms with Crippen LogP contribution in [0.15, 0.2) is 12.7 Å². The molecule has 0 aliphatic carbocycles. The van der Waals surface area contributed by atoms with Gasteiger partial charge in [-0.05, 0) is 12.8 Å². The van der Waals surface area contributed by atoms with Crippen LogP contribution in [0, 0.1) is 0 Å². The minimum absolute atomic E-state index is 0.0670. The molecule has 0 bridgehead atoms. The highest BCUT2D eigenvalue weighted by molar-refractivity contribution is 5.90. The fraction of sp³-hybridized carbons (Fsp3) is 0.538. The fourth-order valence-electron chi connectivity index (χ4n) is 1.71. The van der Waals surface area contributed by atoms with Crippen LogP contribution in [0.2, 0.25) is 0 Å². The predicted octanol–water partition coefficient (Wildman–Crippen LogP) is 2.20. The molecule has 0 saturated heterocycles. The number of unbranched alkanes of at least 4 members (excludes halogenated alkanes) is 2. The summed E-state index contributed by atoms with van der Waals surface area (Å²) in [6, 6.07) is 0. The molecule has 0 aliphatic rings. The quantitative estimate of drug-likeness (QED) is 0.459. The van der Waals surface area contributed by atoms with Crippen LogP contribution in [0.5, 0.6) is 5.75 Å². The first-order chi connectivity index (χ1) is 8.61. The number of carbonyl (C=O) groups excluding carboxylic acids is 1. The Morgan fingerprint density at radius 2 is 2.28 bits per heavy atom. The highest BCUT2D eigenvalue weighted by atomic mass is 16.5. The van der Waals surface area contributed by atoms with E-state index in [1.807, 2.05) is 0 Å². The molecule has 0 spiro atoms. The molecule has 1 N–H and O–H groups in total. The van der Waals surface area contributed by atoms with Crippen LogP contribution in [0.1, 0.15) is 42.4 Å². The van der Waals surface area contributed by atoms with Gasteiger partial charge < -0.3 is 9.84 Å². The monoisotopic (exact) mass is 252 g/mol. The van der Waals surface area contributed by atoms with Crippen molar-refractivity contribution in [2.45, 2.75) is 32.6 Å². The lowest BCUT2D eigenvalue weighted by Gasteiger charge is -2.02. The highest BCUT2D eigenvalue weighted by Gasteiger charge is 2.22. The van der Waals surface area contributed by atoms with Gasteiger partial charge in [-0.15, -0.1) is 0 Å². The Hall–Kier alpha value is -1.78. The van der Waals surface area contributed by atoms with Gasteiger partial charge in [0.15, 0.2) is 11.4 Å². The third-order valence-electron chi connectivity index (χ3n) is 2.63. The number of hydrogen-bond acceptors (Lipinski definition) is 4. The van der Waals surface area contributed by atoms with Gasteiger partial charge in [-0.1, -0.05) is 32.4 Å². The molecule has 0 aliphatic heterocycles. The van der Waals surface area contributed by atoms with E-state index in [2.05, 4.69) is 18.6 Å². The molecule has 5 nitrogen and oxygen atoms in total. The summed E-state index contributed by atoms with van der Waals surface area (Å²) in [7, 11) is 1.62. The highest BCUT2D eigenvalue weighted by Crippen LogP contribution is 2.24. The molecule has 5 heteroatoms. The lowest BCUT2D eigenvalue weighted by Crippen LogP contribution is -2.10. The summed E-state index contributed by atoms with van der Waals surface area (Å²) in [5.41, 5.74) is 0.653. The van der Waals surface area contributed by atoms with Crippen LogP contribution in [-0.2, 0) is 18.2 Å². The second kappa shape index (κ2) is 6.83. The molecule has 0 amide bonds. The van der Waals surface area contributed by atoms with Gasteiger partial charge in [0.2, 0.25) is 0 Å². The lowest BCUT2D eigenvalue weighted by molar-refractivity contribution is 0.0533. The second-order valence-corrected chi connectivity index (χ2v) is 4.11. The van der Waals surface area contributed by atoms with Gasteiger partial charge in [0.25, 0.3) is 0 Å².